The molecule has 0 spiro atoms. The molecule has 1 aliphatic rings. The van der Waals surface area contributed by atoms with Crippen molar-refractivity contribution >= 4 is 26.0 Å². The molecule has 0 aromatic heterocycles. The van der Waals surface area contributed by atoms with E-state index in [9.17, 15) is 13.5 Å². The van der Waals surface area contributed by atoms with Gasteiger partial charge in [-0.2, -0.15) is 8.42 Å². The molecule has 1 atom stereocenters. The van der Waals surface area contributed by atoms with E-state index in [4.69, 9.17) is 14.0 Å². The first-order chi connectivity index (χ1) is 8.39. The normalized spacial score (nSPS) is 17.1. The van der Waals surface area contributed by atoms with Crippen LogP contribution in [-0.2, 0) is 10.1 Å². The van der Waals surface area contributed by atoms with E-state index in [-0.39, 0.29) is 5.56 Å². The molecule has 0 radical (unpaired) electrons. The Bertz CT molecular complexity index is 556. The molecule has 2 rings (SSSR count). The second kappa shape index (κ2) is 5.04. The number of hydrogen-bond acceptors (Lipinski definition) is 5. The molecular formula is C10H11BrO6S. The molecule has 1 heterocycles. The molecule has 100 valence electrons. The van der Waals surface area contributed by atoms with Crippen molar-refractivity contribution in [2.75, 3.05) is 13.2 Å². The van der Waals surface area contributed by atoms with Crippen molar-refractivity contribution in [3.8, 4) is 11.5 Å². The molecule has 1 aliphatic heterocycles. The number of hydrogen-bond donors (Lipinski definition) is 2. The third kappa shape index (κ3) is 2.77. The van der Waals surface area contributed by atoms with E-state index in [1.807, 2.05) is 0 Å². The van der Waals surface area contributed by atoms with Crippen molar-refractivity contribution in [2.24, 2.45) is 0 Å². The van der Waals surface area contributed by atoms with Crippen LogP contribution < -0.4 is 9.47 Å². The monoisotopic (exact) mass is 338 g/mol. The lowest BCUT2D eigenvalue weighted by atomic mass is 10.2. The van der Waals surface area contributed by atoms with Crippen molar-refractivity contribution in [1.29, 1.82) is 0 Å². The Morgan fingerprint density at radius 2 is 1.94 bits per heavy atom. The van der Waals surface area contributed by atoms with Gasteiger partial charge >= 0.3 is 0 Å². The number of ether oxygens (including phenoxy) is 2. The van der Waals surface area contributed by atoms with Gasteiger partial charge < -0.3 is 14.6 Å². The molecule has 0 amide bonds. The van der Waals surface area contributed by atoms with Crippen LogP contribution in [0.4, 0.5) is 0 Å². The molecule has 2 N–H and O–H groups in total. The van der Waals surface area contributed by atoms with Crippen LogP contribution in [0.5, 0.6) is 11.5 Å². The van der Waals surface area contributed by atoms with Gasteiger partial charge in [0.05, 0.1) is 17.7 Å². The smallest absolute Gasteiger partial charge is 0.296 e. The van der Waals surface area contributed by atoms with Crippen molar-refractivity contribution in [1.82, 2.24) is 0 Å². The zero-order valence-electron chi connectivity index (χ0n) is 9.17. The molecule has 1 aromatic carbocycles. The van der Waals surface area contributed by atoms with Crippen LogP contribution in [0.2, 0.25) is 0 Å². The Kier molecular flexibility index (Phi) is 3.81. The maximum atomic E-state index is 10.9. The van der Waals surface area contributed by atoms with E-state index in [2.05, 4.69) is 15.9 Å². The summed E-state index contributed by atoms with van der Waals surface area (Å²) in [6.07, 6.45) is 0.706. The van der Waals surface area contributed by atoms with Gasteiger partial charge in [-0.1, -0.05) is 0 Å². The fourth-order valence-electron chi connectivity index (χ4n) is 1.57. The topological polar surface area (TPSA) is 93.1 Å². The maximum absolute atomic E-state index is 10.9. The molecule has 18 heavy (non-hydrogen) atoms. The molecule has 0 aliphatic carbocycles. The van der Waals surface area contributed by atoms with Crippen molar-refractivity contribution < 1.29 is 27.6 Å². The third-order valence-electron chi connectivity index (χ3n) is 2.39. The van der Waals surface area contributed by atoms with Crippen LogP contribution in [0, 0.1) is 0 Å². The number of fused-ring (bicyclic) bond motifs is 1. The van der Waals surface area contributed by atoms with Crippen LogP contribution >= 0.6 is 15.9 Å². The Hall–Kier alpha value is -0.830. The molecule has 1 unspecified atom stereocenters. The lowest BCUT2D eigenvalue weighted by molar-refractivity contribution is 0.237. The number of rotatable bonds is 2. The SMILES string of the molecule is O=S(=O)(O)C(O)c1cc(Br)c2c(c1)OCCCO2. The number of halogens is 1. The lowest BCUT2D eigenvalue weighted by Gasteiger charge is -2.13. The van der Waals surface area contributed by atoms with Crippen LogP contribution in [0.1, 0.15) is 17.4 Å². The van der Waals surface area contributed by atoms with E-state index in [0.717, 1.165) is 0 Å². The molecule has 0 bridgehead atoms. The van der Waals surface area contributed by atoms with Gasteiger partial charge in [0.2, 0.25) is 5.44 Å². The number of aliphatic hydroxyl groups excluding tert-OH is 1. The Labute approximate surface area is 112 Å². The summed E-state index contributed by atoms with van der Waals surface area (Å²) in [6.45, 7) is 0.927. The zero-order chi connectivity index (χ0) is 13.3. The summed E-state index contributed by atoms with van der Waals surface area (Å²) < 4.78 is 41.9. The minimum atomic E-state index is -4.57. The molecular weight excluding hydrogens is 328 g/mol. The molecule has 0 saturated carbocycles. The molecule has 0 saturated heterocycles. The summed E-state index contributed by atoms with van der Waals surface area (Å²) in [5.74, 6) is 0.790. The summed E-state index contributed by atoms with van der Waals surface area (Å²) in [7, 11) is -4.57. The van der Waals surface area contributed by atoms with Crippen LogP contribution in [0.25, 0.3) is 0 Å². The zero-order valence-corrected chi connectivity index (χ0v) is 11.6. The average Bonchev–Trinajstić information content (AvgIpc) is 2.52. The fourth-order valence-corrected chi connectivity index (χ4v) is 2.62. The van der Waals surface area contributed by atoms with Gasteiger partial charge in [-0.3, -0.25) is 4.55 Å². The Balaban J connectivity index is 2.47. The first kappa shape index (κ1) is 13.6. The van der Waals surface area contributed by atoms with E-state index in [0.29, 0.717) is 35.6 Å². The number of aliphatic hydroxyl groups is 1. The van der Waals surface area contributed by atoms with Gasteiger partial charge in [0.1, 0.15) is 0 Å². The summed E-state index contributed by atoms with van der Waals surface area (Å²) in [5, 5.41) is 9.50. The first-order valence-corrected chi connectivity index (χ1v) is 7.42. The second-order valence-electron chi connectivity index (χ2n) is 3.75. The molecule has 0 fully saturated rings. The minimum absolute atomic E-state index is 0.00799. The second-order valence-corrected chi connectivity index (χ2v) is 6.08. The summed E-state index contributed by atoms with van der Waals surface area (Å²) in [6, 6.07) is 2.70. The van der Waals surface area contributed by atoms with Gasteiger partial charge in [0, 0.05) is 12.0 Å². The van der Waals surface area contributed by atoms with E-state index < -0.39 is 15.6 Å². The highest BCUT2D eigenvalue weighted by molar-refractivity contribution is 9.10. The predicted octanol–water partition coefficient (Wildman–Crippen LogP) is 1.49. The van der Waals surface area contributed by atoms with Crippen LogP contribution in [0.15, 0.2) is 16.6 Å². The van der Waals surface area contributed by atoms with Gasteiger partial charge in [-0.25, -0.2) is 0 Å². The maximum Gasteiger partial charge on any atom is 0.296 e. The van der Waals surface area contributed by atoms with E-state index in [1.54, 1.807) is 0 Å². The quantitative estimate of drug-likeness (QED) is 0.793. The molecule has 1 aromatic rings. The summed E-state index contributed by atoms with van der Waals surface area (Å²) >= 11 is 3.21. The Morgan fingerprint density at radius 3 is 2.61 bits per heavy atom. The van der Waals surface area contributed by atoms with Crippen LogP contribution in [0.3, 0.4) is 0 Å². The van der Waals surface area contributed by atoms with Gasteiger partial charge in [0.15, 0.2) is 11.5 Å². The predicted molar refractivity (Wildman–Crippen MR) is 66.3 cm³/mol. The third-order valence-corrected chi connectivity index (χ3v) is 3.82. The average molecular weight is 339 g/mol. The number of benzene rings is 1. The highest BCUT2D eigenvalue weighted by Gasteiger charge is 2.25. The fraction of sp³-hybridized carbons (Fsp3) is 0.400. The van der Waals surface area contributed by atoms with E-state index >= 15 is 0 Å². The highest BCUT2D eigenvalue weighted by Crippen LogP contribution is 2.40. The van der Waals surface area contributed by atoms with Crippen molar-refractivity contribution in [3.05, 3.63) is 22.2 Å². The van der Waals surface area contributed by atoms with Gasteiger partial charge in [-0.05, 0) is 28.1 Å². The summed E-state index contributed by atoms with van der Waals surface area (Å²) in [5.41, 5.74) is -2.00. The van der Waals surface area contributed by atoms with Gasteiger partial charge in [0.25, 0.3) is 10.1 Å². The lowest BCUT2D eigenvalue weighted by Crippen LogP contribution is -2.11. The van der Waals surface area contributed by atoms with Crippen molar-refractivity contribution in [2.45, 2.75) is 11.9 Å². The first-order valence-electron chi connectivity index (χ1n) is 5.13. The van der Waals surface area contributed by atoms with Crippen LogP contribution in [-0.4, -0.2) is 31.3 Å². The summed E-state index contributed by atoms with van der Waals surface area (Å²) in [4.78, 5) is 0. The standard InChI is InChI=1S/C10H11BrO6S/c11-7-4-6(10(12)18(13,14)15)5-8-9(7)17-3-1-2-16-8/h4-5,10,12H,1-3H2,(H,13,14,15). The Morgan fingerprint density at radius 1 is 1.28 bits per heavy atom. The molecule has 8 heteroatoms. The highest BCUT2D eigenvalue weighted by atomic mass is 79.9. The van der Waals surface area contributed by atoms with Gasteiger partial charge in [-0.15, -0.1) is 0 Å². The minimum Gasteiger partial charge on any atom is -0.490 e. The van der Waals surface area contributed by atoms with Crippen molar-refractivity contribution in [3.63, 3.8) is 0 Å². The largest absolute Gasteiger partial charge is 0.490 e. The molecule has 6 nitrogen and oxygen atoms in total. The van der Waals surface area contributed by atoms with E-state index in [1.165, 1.54) is 12.1 Å².